The Morgan fingerprint density at radius 2 is 1.27 bits per heavy atom. The predicted octanol–water partition coefficient (Wildman–Crippen LogP) is 10.8. The van der Waals surface area contributed by atoms with Crippen LogP contribution < -0.4 is 4.90 Å². The van der Waals surface area contributed by atoms with Gasteiger partial charge in [0.25, 0.3) is 0 Å². The first-order valence-corrected chi connectivity index (χ1v) is 13.9. The Morgan fingerprint density at radius 3 is 2.12 bits per heavy atom. The van der Waals surface area contributed by atoms with Crippen LogP contribution in [0.3, 0.4) is 0 Å². The van der Waals surface area contributed by atoms with Crippen LogP contribution in [0.25, 0.3) is 49.9 Å². The zero-order chi connectivity index (χ0) is 26.5. The second-order valence-electron chi connectivity index (χ2n) is 10.4. The number of aryl methyl sites for hydroxylation is 1. The Hall–Kier alpha value is -5.08. The third-order valence-electron chi connectivity index (χ3n) is 8.11. The lowest BCUT2D eigenvalue weighted by molar-refractivity contribution is 0.670. The average Bonchev–Trinajstić information content (AvgIpc) is 3.42. The number of allylic oxidation sites excluding steroid dienone is 1. The molecule has 0 radical (unpaired) electrons. The molecule has 6 aromatic carbocycles. The number of benzene rings is 6. The van der Waals surface area contributed by atoms with Gasteiger partial charge in [0.1, 0.15) is 5.58 Å². The maximum atomic E-state index is 6.86. The van der Waals surface area contributed by atoms with Crippen molar-refractivity contribution in [3.05, 3.63) is 145 Å². The van der Waals surface area contributed by atoms with E-state index in [-0.39, 0.29) is 0 Å². The molecular weight excluding hydrogens is 486 g/mol. The van der Waals surface area contributed by atoms with Gasteiger partial charge in [-0.1, -0.05) is 115 Å². The summed E-state index contributed by atoms with van der Waals surface area (Å²) >= 11 is 0. The third-order valence-corrected chi connectivity index (χ3v) is 8.11. The van der Waals surface area contributed by atoms with Crippen LogP contribution in [0.1, 0.15) is 17.5 Å². The standard InChI is InChI=1S/C38H27NO/c1-3-13-26(14-4-1)30-21-11-22-33-34-23-12-24-35(38(34)40-37(30)33)39(28-16-5-2-6-17-28)36-25-27-15-7-8-18-29(27)31-19-9-10-20-32(31)36/h1-8,10-18,20-25H,9,19H2. The average molecular weight is 514 g/mol. The normalized spacial score (nSPS) is 12.7. The molecule has 1 aliphatic rings. The van der Waals surface area contributed by atoms with Gasteiger partial charge in [0.2, 0.25) is 0 Å². The molecule has 1 aromatic heterocycles. The van der Waals surface area contributed by atoms with Crippen LogP contribution in [0.4, 0.5) is 17.1 Å². The fourth-order valence-electron chi connectivity index (χ4n) is 6.30. The number of anilines is 3. The van der Waals surface area contributed by atoms with Crippen LogP contribution in [0.5, 0.6) is 0 Å². The fourth-order valence-corrected chi connectivity index (χ4v) is 6.30. The van der Waals surface area contributed by atoms with Gasteiger partial charge >= 0.3 is 0 Å². The van der Waals surface area contributed by atoms with Crippen molar-refractivity contribution in [3.63, 3.8) is 0 Å². The Balaban J connectivity index is 1.45. The molecule has 40 heavy (non-hydrogen) atoms. The molecule has 2 heteroatoms. The van der Waals surface area contributed by atoms with E-state index in [2.05, 4.69) is 144 Å². The minimum atomic E-state index is 0.895. The Kier molecular flexibility index (Phi) is 5.31. The van der Waals surface area contributed by atoms with Crippen molar-refractivity contribution in [1.29, 1.82) is 0 Å². The minimum absolute atomic E-state index is 0.895. The summed E-state index contributed by atoms with van der Waals surface area (Å²) in [5.41, 5.74) is 10.1. The van der Waals surface area contributed by atoms with Crippen molar-refractivity contribution in [2.24, 2.45) is 0 Å². The molecular formula is C38H27NO. The first-order valence-electron chi connectivity index (χ1n) is 13.9. The van der Waals surface area contributed by atoms with Gasteiger partial charge in [-0.25, -0.2) is 0 Å². The van der Waals surface area contributed by atoms with Gasteiger partial charge in [-0.05, 0) is 59.0 Å². The summed E-state index contributed by atoms with van der Waals surface area (Å²) in [5.74, 6) is 0. The molecule has 0 spiro atoms. The van der Waals surface area contributed by atoms with Crippen molar-refractivity contribution >= 4 is 55.8 Å². The molecule has 2 nitrogen and oxygen atoms in total. The van der Waals surface area contributed by atoms with Crippen molar-refractivity contribution in [2.45, 2.75) is 12.8 Å². The van der Waals surface area contributed by atoms with Gasteiger partial charge in [0, 0.05) is 27.6 Å². The van der Waals surface area contributed by atoms with E-state index in [0.717, 1.165) is 57.3 Å². The van der Waals surface area contributed by atoms with Gasteiger partial charge in [-0.2, -0.15) is 0 Å². The van der Waals surface area contributed by atoms with Gasteiger partial charge in [-0.15, -0.1) is 0 Å². The maximum Gasteiger partial charge on any atom is 0.159 e. The molecule has 0 N–H and O–H groups in total. The van der Waals surface area contributed by atoms with Crippen LogP contribution >= 0.6 is 0 Å². The smallest absolute Gasteiger partial charge is 0.159 e. The molecule has 0 bridgehead atoms. The van der Waals surface area contributed by atoms with Crippen LogP contribution in [-0.4, -0.2) is 0 Å². The number of hydrogen-bond acceptors (Lipinski definition) is 2. The van der Waals surface area contributed by atoms with E-state index in [1.807, 2.05) is 0 Å². The van der Waals surface area contributed by atoms with Gasteiger partial charge in [-0.3, -0.25) is 0 Å². The van der Waals surface area contributed by atoms with Crippen LogP contribution in [0.15, 0.2) is 138 Å². The second-order valence-corrected chi connectivity index (χ2v) is 10.4. The molecule has 0 aliphatic heterocycles. The minimum Gasteiger partial charge on any atom is -0.453 e. The van der Waals surface area contributed by atoms with Gasteiger partial charge < -0.3 is 9.32 Å². The van der Waals surface area contributed by atoms with Crippen molar-refractivity contribution in [2.75, 3.05) is 4.90 Å². The second kappa shape index (κ2) is 9.29. The van der Waals surface area contributed by atoms with E-state index in [1.165, 1.54) is 27.6 Å². The quantitative estimate of drug-likeness (QED) is 0.233. The van der Waals surface area contributed by atoms with Gasteiger partial charge in [0.15, 0.2) is 5.58 Å². The lowest BCUT2D eigenvalue weighted by atomic mass is 9.89. The van der Waals surface area contributed by atoms with E-state index < -0.39 is 0 Å². The molecule has 0 unspecified atom stereocenters. The molecule has 0 saturated heterocycles. The molecule has 0 amide bonds. The van der Waals surface area contributed by atoms with Crippen LogP contribution in [-0.2, 0) is 6.42 Å². The number of para-hydroxylation sites is 3. The zero-order valence-corrected chi connectivity index (χ0v) is 22.0. The molecule has 7 aromatic rings. The fraction of sp³-hybridized carbons (Fsp3) is 0.0526. The SMILES string of the molecule is C1=Cc2c(N(c3ccccc3)c3cccc4c3oc3c(-c5ccccc5)cccc34)cc3ccccc3c2CC1. The number of furan rings is 1. The number of rotatable bonds is 4. The van der Waals surface area contributed by atoms with Crippen molar-refractivity contribution in [3.8, 4) is 11.1 Å². The summed E-state index contributed by atoms with van der Waals surface area (Å²) in [6.45, 7) is 0. The Morgan fingerprint density at radius 1 is 0.575 bits per heavy atom. The topological polar surface area (TPSA) is 16.4 Å². The Bertz CT molecular complexity index is 2050. The van der Waals surface area contributed by atoms with Crippen molar-refractivity contribution in [1.82, 2.24) is 0 Å². The molecule has 0 fully saturated rings. The molecule has 190 valence electrons. The van der Waals surface area contributed by atoms with E-state index in [1.54, 1.807) is 0 Å². The van der Waals surface area contributed by atoms with Crippen LogP contribution in [0, 0.1) is 0 Å². The summed E-state index contributed by atoms with van der Waals surface area (Å²) in [7, 11) is 0. The highest BCUT2D eigenvalue weighted by Gasteiger charge is 2.24. The first-order chi connectivity index (χ1) is 19.9. The van der Waals surface area contributed by atoms with E-state index >= 15 is 0 Å². The van der Waals surface area contributed by atoms with Crippen LogP contribution in [0.2, 0.25) is 0 Å². The lowest BCUT2D eigenvalue weighted by Gasteiger charge is -2.29. The third kappa shape index (κ3) is 3.57. The van der Waals surface area contributed by atoms with Gasteiger partial charge in [0.05, 0.1) is 11.4 Å². The highest BCUT2D eigenvalue weighted by Crippen LogP contribution is 2.47. The monoisotopic (exact) mass is 513 g/mol. The summed E-state index contributed by atoms with van der Waals surface area (Å²) in [6.07, 6.45) is 6.71. The summed E-state index contributed by atoms with van der Waals surface area (Å²) in [4.78, 5) is 2.38. The van der Waals surface area contributed by atoms with E-state index in [9.17, 15) is 0 Å². The Labute approximate surface area is 233 Å². The number of nitrogens with zero attached hydrogens (tertiary/aromatic N) is 1. The molecule has 1 aliphatic carbocycles. The number of hydrogen-bond donors (Lipinski definition) is 0. The van der Waals surface area contributed by atoms with E-state index in [4.69, 9.17) is 4.42 Å². The molecule has 0 saturated carbocycles. The summed E-state index contributed by atoms with van der Waals surface area (Å²) < 4.78 is 6.86. The molecule has 1 heterocycles. The molecule has 8 rings (SSSR count). The highest BCUT2D eigenvalue weighted by atomic mass is 16.3. The predicted molar refractivity (Wildman–Crippen MR) is 169 cm³/mol. The highest BCUT2D eigenvalue weighted by molar-refractivity contribution is 6.14. The largest absolute Gasteiger partial charge is 0.453 e. The lowest BCUT2D eigenvalue weighted by Crippen LogP contribution is -2.13. The zero-order valence-electron chi connectivity index (χ0n) is 22.0. The summed E-state index contributed by atoms with van der Waals surface area (Å²) in [6, 6.07) is 45.3. The summed E-state index contributed by atoms with van der Waals surface area (Å²) in [5, 5.41) is 4.85. The van der Waals surface area contributed by atoms with E-state index in [0.29, 0.717) is 0 Å². The first kappa shape index (κ1) is 22.9. The maximum absolute atomic E-state index is 6.86. The molecule has 0 atom stereocenters. The number of fused-ring (bicyclic) bond motifs is 6. The van der Waals surface area contributed by atoms with Crippen molar-refractivity contribution < 1.29 is 4.42 Å².